The van der Waals surface area contributed by atoms with Crippen LogP contribution in [0.1, 0.15) is 45.7 Å². The van der Waals surface area contributed by atoms with Gasteiger partial charge in [0.1, 0.15) is 24.2 Å². The number of fused-ring (bicyclic) bond motifs is 3. The van der Waals surface area contributed by atoms with Crippen LogP contribution in [-0.4, -0.2) is 69.8 Å². The predicted octanol–water partition coefficient (Wildman–Crippen LogP) is 1.61. The minimum atomic E-state index is -1.16. The van der Waals surface area contributed by atoms with Gasteiger partial charge in [0, 0.05) is 41.5 Å². The highest BCUT2D eigenvalue weighted by Gasteiger charge is 2.31. The lowest BCUT2D eigenvalue weighted by Gasteiger charge is -2.24. The van der Waals surface area contributed by atoms with Crippen LogP contribution in [0.2, 0.25) is 0 Å². The molecule has 0 saturated carbocycles. The van der Waals surface area contributed by atoms with E-state index in [4.69, 9.17) is 5.73 Å². The minimum Gasteiger partial charge on any atom is -0.368 e. The largest absolute Gasteiger partial charge is 0.368 e. The SMILES string of the molecule is C[C@@H]1CC(=O)[C@H](C)n2cc3ccccc3c2SC[C@@H](C(=O)N[C@@H](Cc2ccccc2)C(N)=O)NC(=O)[C@H](C)NC(=O)[C@H](C)NC1=O. The number of carbonyl (C=O) groups is 6. The first-order valence-corrected chi connectivity index (χ1v) is 16.1. The molecule has 0 fully saturated rings. The molecule has 3 aromatic rings. The number of nitrogens with two attached hydrogens (primary N) is 1. The Morgan fingerprint density at radius 2 is 1.50 bits per heavy atom. The molecule has 12 nitrogen and oxygen atoms in total. The standard InChI is InChI=1S/C33H40N6O6S/c1-18-14-27(40)21(4)39-16-23-12-8-9-13-24(23)33(39)46-17-26(38-31(44)20(3)36-30(43)19(2)35-29(18)42)32(45)37-25(28(34)41)15-22-10-6-5-7-11-22/h5-13,16,18-21,25-26H,14-15,17H2,1-4H3,(H2,34,41)(H,35,42)(H,36,43)(H,37,45)(H,38,44)/t18-,19+,20+,21+,25+,26+/m1/s1. The Bertz CT molecular complexity index is 1630. The van der Waals surface area contributed by atoms with E-state index in [1.807, 2.05) is 65.4 Å². The summed E-state index contributed by atoms with van der Waals surface area (Å²) >= 11 is 1.26. The second-order valence-electron chi connectivity index (χ2n) is 11.7. The van der Waals surface area contributed by atoms with Crippen molar-refractivity contribution in [1.29, 1.82) is 0 Å². The fourth-order valence-corrected chi connectivity index (χ4v) is 6.38. The molecule has 5 amide bonds. The Labute approximate surface area is 271 Å². The number of amides is 5. The zero-order valence-corrected chi connectivity index (χ0v) is 27.1. The molecular weight excluding hydrogens is 608 g/mol. The van der Waals surface area contributed by atoms with Crippen LogP contribution in [0.15, 0.2) is 65.8 Å². The number of Topliss-reactive ketones (excluding diaryl/α,β-unsaturated/α-hetero) is 1. The van der Waals surface area contributed by atoms with Gasteiger partial charge < -0.3 is 31.6 Å². The number of thioether (sulfide) groups is 1. The molecule has 0 spiro atoms. The molecule has 1 aromatic heterocycles. The van der Waals surface area contributed by atoms with Gasteiger partial charge in [-0.05, 0) is 26.3 Å². The van der Waals surface area contributed by atoms with Crippen molar-refractivity contribution in [3.63, 3.8) is 0 Å². The number of hydrogen-bond acceptors (Lipinski definition) is 7. The first kappa shape index (κ1) is 34.2. The van der Waals surface area contributed by atoms with Gasteiger partial charge in [-0.3, -0.25) is 28.8 Å². The van der Waals surface area contributed by atoms with Crippen LogP contribution in [0.4, 0.5) is 0 Å². The summed E-state index contributed by atoms with van der Waals surface area (Å²) in [5, 5.41) is 13.0. The molecule has 0 radical (unpaired) electrons. The molecule has 0 saturated heterocycles. The van der Waals surface area contributed by atoms with Gasteiger partial charge in [-0.2, -0.15) is 0 Å². The number of rotatable bonds is 5. The molecule has 6 atom stereocenters. The second-order valence-corrected chi connectivity index (χ2v) is 12.7. The molecule has 244 valence electrons. The maximum Gasteiger partial charge on any atom is 0.244 e. The average molecular weight is 649 g/mol. The highest BCUT2D eigenvalue weighted by atomic mass is 32.2. The van der Waals surface area contributed by atoms with Crippen molar-refractivity contribution >= 4 is 57.9 Å². The molecule has 2 aromatic carbocycles. The van der Waals surface area contributed by atoms with Crippen LogP contribution in [0.3, 0.4) is 0 Å². The third-order valence-corrected chi connectivity index (χ3v) is 9.21. The van der Waals surface area contributed by atoms with Gasteiger partial charge in [-0.15, -0.1) is 11.8 Å². The molecule has 13 heteroatoms. The van der Waals surface area contributed by atoms with Crippen molar-refractivity contribution in [3.8, 4) is 0 Å². The monoisotopic (exact) mass is 648 g/mol. The van der Waals surface area contributed by atoms with Crippen LogP contribution in [-0.2, 0) is 35.2 Å². The van der Waals surface area contributed by atoms with E-state index in [-0.39, 0.29) is 24.4 Å². The first-order valence-electron chi connectivity index (χ1n) is 15.2. The lowest BCUT2D eigenvalue weighted by Crippen LogP contribution is -2.58. The van der Waals surface area contributed by atoms with Gasteiger partial charge in [0.25, 0.3) is 0 Å². The predicted molar refractivity (Wildman–Crippen MR) is 175 cm³/mol. The highest BCUT2D eigenvalue weighted by molar-refractivity contribution is 7.99. The average Bonchev–Trinajstić information content (AvgIpc) is 3.40. The molecule has 0 bridgehead atoms. The topological polar surface area (TPSA) is 181 Å². The molecule has 2 heterocycles. The van der Waals surface area contributed by atoms with E-state index in [0.717, 1.165) is 16.3 Å². The maximum absolute atomic E-state index is 13.7. The summed E-state index contributed by atoms with van der Waals surface area (Å²) in [6.07, 6.45) is 1.94. The Kier molecular flexibility index (Phi) is 11.2. The van der Waals surface area contributed by atoms with Crippen LogP contribution >= 0.6 is 11.8 Å². The normalized spacial score (nSPS) is 24.1. The van der Waals surface area contributed by atoms with Gasteiger partial charge in [0.05, 0.1) is 11.1 Å². The summed E-state index contributed by atoms with van der Waals surface area (Å²) in [5.41, 5.74) is 6.44. The fourth-order valence-electron chi connectivity index (χ4n) is 5.12. The number of hydrogen-bond donors (Lipinski definition) is 5. The van der Waals surface area contributed by atoms with Crippen molar-refractivity contribution in [2.24, 2.45) is 11.7 Å². The smallest absolute Gasteiger partial charge is 0.244 e. The molecule has 1 aliphatic heterocycles. The van der Waals surface area contributed by atoms with E-state index >= 15 is 0 Å². The summed E-state index contributed by atoms with van der Waals surface area (Å²) in [4.78, 5) is 78.5. The second kappa shape index (κ2) is 15.1. The number of benzene rings is 2. The van der Waals surface area contributed by atoms with Crippen LogP contribution in [0, 0.1) is 5.92 Å². The van der Waals surface area contributed by atoms with E-state index < -0.39 is 65.7 Å². The van der Waals surface area contributed by atoms with Gasteiger partial charge in [-0.1, -0.05) is 61.5 Å². The Hall–Kier alpha value is -4.65. The summed E-state index contributed by atoms with van der Waals surface area (Å²) in [6, 6.07) is 11.7. The van der Waals surface area contributed by atoms with Gasteiger partial charge >= 0.3 is 0 Å². The number of carbonyl (C=O) groups excluding carboxylic acids is 6. The van der Waals surface area contributed by atoms with Crippen LogP contribution in [0.25, 0.3) is 10.8 Å². The van der Waals surface area contributed by atoms with E-state index in [1.54, 1.807) is 13.8 Å². The number of nitrogens with one attached hydrogen (secondary N) is 4. The van der Waals surface area contributed by atoms with Crippen molar-refractivity contribution in [3.05, 3.63) is 66.4 Å². The first-order chi connectivity index (χ1) is 21.8. The van der Waals surface area contributed by atoms with Crippen molar-refractivity contribution in [2.75, 3.05) is 5.75 Å². The number of aromatic nitrogens is 1. The third kappa shape index (κ3) is 8.33. The lowest BCUT2D eigenvalue weighted by molar-refractivity contribution is -0.134. The molecule has 46 heavy (non-hydrogen) atoms. The van der Waals surface area contributed by atoms with E-state index in [9.17, 15) is 28.8 Å². The fraction of sp³-hybridized carbons (Fsp3) is 0.394. The van der Waals surface area contributed by atoms with Crippen molar-refractivity contribution in [2.45, 2.75) is 75.8 Å². The molecule has 6 N–H and O–H groups in total. The maximum atomic E-state index is 13.7. The van der Waals surface area contributed by atoms with E-state index in [1.165, 1.54) is 25.6 Å². The lowest BCUT2D eigenvalue weighted by atomic mass is 9.99. The van der Waals surface area contributed by atoms with E-state index in [2.05, 4.69) is 21.3 Å². The third-order valence-electron chi connectivity index (χ3n) is 8.01. The molecular formula is C33H40N6O6S. The van der Waals surface area contributed by atoms with Crippen molar-refractivity contribution < 1.29 is 28.8 Å². The zero-order valence-electron chi connectivity index (χ0n) is 26.2. The summed E-state index contributed by atoms with van der Waals surface area (Å²) in [6.45, 7) is 6.30. The van der Waals surface area contributed by atoms with Gasteiger partial charge in [0.15, 0.2) is 5.78 Å². The van der Waals surface area contributed by atoms with E-state index in [0.29, 0.717) is 5.03 Å². The Morgan fingerprint density at radius 1 is 0.891 bits per heavy atom. The molecule has 4 rings (SSSR count). The summed E-state index contributed by atoms with van der Waals surface area (Å²) in [7, 11) is 0. The summed E-state index contributed by atoms with van der Waals surface area (Å²) < 4.78 is 1.81. The summed E-state index contributed by atoms with van der Waals surface area (Å²) in [5.74, 6) is -3.96. The Morgan fingerprint density at radius 3 is 2.17 bits per heavy atom. The molecule has 0 unspecified atom stereocenters. The number of primary amides is 1. The van der Waals surface area contributed by atoms with Crippen molar-refractivity contribution in [1.82, 2.24) is 25.8 Å². The zero-order chi connectivity index (χ0) is 33.5. The number of ketones is 1. The molecule has 1 aliphatic rings. The van der Waals surface area contributed by atoms with Gasteiger partial charge in [0.2, 0.25) is 29.5 Å². The molecule has 0 aliphatic carbocycles. The highest BCUT2D eigenvalue weighted by Crippen LogP contribution is 2.34. The number of nitrogens with zero attached hydrogens (tertiary/aromatic N) is 1. The van der Waals surface area contributed by atoms with Crippen LogP contribution < -0.4 is 27.0 Å². The van der Waals surface area contributed by atoms with Crippen LogP contribution in [0.5, 0.6) is 0 Å². The minimum absolute atomic E-state index is 0.0246. The van der Waals surface area contributed by atoms with Gasteiger partial charge in [-0.25, -0.2) is 0 Å². The Balaban J connectivity index is 1.69. The quantitative estimate of drug-likeness (QED) is 0.279.